The van der Waals surface area contributed by atoms with Crippen LogP contribution in [0, 0.1) is 0 Å². The van der Waals surface area contributed by atoms with Crippen molar-refractivity contribution in [1.29, 1.82) is 0 Å². The van der Waals surface area contributed by atoms with Gasteiger partial charge in [-0.1, -0.05) is 19.3 Å². The standard InChI is InChI=1S/C10H21NO3S/c1-14-7-9(11)8-15(12,13)10-5-3-2-4-6-10/h9-10H,2-8,11H2,1H3. The first-order chi connectivity index (χ1) is 7.06. The molecule has 90 valence electrons. The van der Waals surface area contributed by atoms with E-state index < -0.39 is 9.84 Å². The number of methoxy groups -OCH3 is 1. The van der Waals surface area contributed by atoms with Gasteiger partial charge in [-0.05, 0) is 12.8 Å². The summed E-state index contributed by atoms with van der Waals surface area (Å²) < 4.78 is 28.7. The fourth-order valence-electron chi connectivity index (χ4n) is 2.12. The van der Waals surface area contributed by atoms with Gasteiger partial charge in [0.2, 0.25) is 0 Å². The third kappa shape index (κ3) is 4.09. The van der Waals surface area contributed by atoms with Gasteiger partial charge < -0.3 is 10.5 Å². The second-order valence-electron chi connectivity index (χ2n) is 4.30. The molecule has 1 unspecified atom stereocenters. The van der Waals surface area contributed by atoms with E-state index in [9.17, 15) is 8.42 Å². The number of rotatable bonds is 5. The molecule has 0 heterocycles. The monoisotopic (exact) mass is 235 g/mol. The van der Waals surface area contributed by atoms with E-state index in [1.54, 1.807) is 0 Å². The number of sulfone groups is 1. The quantitative estimate of drug-likeness (QED) is 0.762. The van der Waals surface area contributed by atoms with Gasteiger partial charge in [0.1, 0.15) is 0 Å². The molecule has 1 rings (SSSR count). The Balaban J connectivity index is 2.49. The van der Waals surface area contributed by atoms with Gasteiger partial charge in [-0.3, -0.25) is 0 Å². The molecule has 0 saturated heterocycles. The number of hydrogen-bond acceptors (Lipinski definition) is 4. The Morgan fingerprint density at radius 1 is 1.33 bits per heavy atom. The van der Waals surface area contributed by atoms with E-state index in [0.717, 1.165) is 32.1 Å². The Morgan fingerprint density at radius 2 is 1.93 bits per heavy atom. The van der Waals surface area contributed by atoms with Crippen molar-refractivity contribution in [2.24, 2.45) is 5.73 Å². The van der Waals surface area contributed by atoms with Crippen molar-refractivity contribution >= 4 is 9.84 Å². The number of ether oxygens (including phenoxy) is 1. The van der Waals surface area contributed by atoms with E-state index in [1.165, 1.54) is 7.11 Å². The lowest BCUT2D eigenvalue weighted by atomic mass is 10.0. The highest BCUT2D eigenvalue weighted by molar-refractivity contribution is 7.92. The van der Waals surface area contributed by atoms with Gasteiger partial charge in [-0.2, -0.15) is 0 Å². The molecule has 1 saturated carbocycles. The predicted octanol–water partition coefficient (Wildman–Crippen LogP) is 0.708. The minimum Gasteiger partial charge on any atom is -0.383 e. The van der Waals surface area contributed by atoms with Crippen LogP contribution in [0.15, 0.2) is 0 Å². The van der Waals surface area contributed by atoms with Crippen molar-refractivity contribution in [3.8, 4) is 0 Å². The van der Waals surface area contributed by atoms with Crippen molar-refractivity contribution in [2.45, 2.75) is 43.4 Å². The largest absolute Gasteiger partial charge is 0.383 e. The molecule has 0 aliphatic heterocycles. The Hall–Kier alpha value is -0.130. The zero-order valence-corrected chi connectivity index (χ0v) is 10.1. The highest BCUT2D eigenvalue weighted by Gasteiger charge is 2.28. The van der Waals surface area contributed by atoms with Crippen LogP contribution < -0.4 is 5.73 Å². The van der Waals surface area contributed by atoms with Gasteiger partial charge in [0.25, 0.3) is 0 Å². The summed E-state index contributed by atoms with van der Waals surface area (Å²) in [5.41, 5.74) is 5.67. The van der Waals surface area contributed by atoms with Crippen molar-refractivity contribution in [3.05, 3.63) is 0 Å². The summed E-state index contributed by atoms with van der Waals surface area (Å²) in [5.74, 6) is 0.0610. The smallest absolute Gasteiger partial charge is 0.154 e. The Bertz CT molecular complexity index is 270. The average molecular weight is 235 g/mol. The number of nitrogens with two attached hydrogens (primary N) is 1. The SMILES string of the molecule is COCC(N)CS(=O)(=O)C1CCCCC1. The maximum atomic E-state index is 11.9. The molecule has 15 heavy (non-hydrogen) atoms. The molecule has 0 radical (unpaired) electrons. The molecular weight excluding hydrogens is 214 g/mol. The van der Waals surface area contributed by atoms with Crippen LogP contribution in [-0.2, 0) is 14.6 Å². The zero-order valence-electron chi connectivity index (χ0n) is 9.31. The summed E-state index contributed by atoms with van der Waals surface area (Å²) in [7, 11) is -1.47. The average Bonchev–Trinajstić information content (AvgIpc) is 2.18. The van der Waals surface area contributed by atoms with E-state index in [1.807, 2.05) is 0 Å². The van der Waals surface area contributed by atoms with Crippen LogP contribution in [0.3, 0.4) is 0 Å². The highest BCUT2D eigenvalue weighted by Crippen LogP contribution is 2.24. The molecule has 1 fully saturated rings. The van der Waals surface area contributed by atoms with Crippen LogP contribution in [0.4, 0.5) is 0 Å². The maximum absolute atomic E-state index is 11.9. The fraction of sp³-hybridized carbons (Fsp3) is 1.00. The van der Waals surface area contributed by atoms with Crippen molar-refractivity contribution in [3.63, 3.8) is 0 Å². The van der Waals surface area contributed by atoms with E-state index in [-0.39, 0.29) is 17.0 Å². The van der Waals surface area contributed by atoms with Gasteiger partial charge >= 0.3 is 0 Å². The topological polar surface area (TPSA) is 69.4 Å². The molecule has 0 amide bonds. The van der Waals surface area contributed by atoms with E-state index in [4.69, 9.17) is 10.5 Å². The van der Waals surface area contributed by atoms with Gasteiger partial charge in [0, 0.05) is 13.2 Å². The highest BCUT2D eigenvalue weighted by atomic mass is 32.2. The van der Waals surface area contributed by atoms with Crippen LogP contribution in [0.1, 0.15) is 32.1 Å². The lowest BCUT2D eigenvalue weighted by Crippen LogP contribution is -2.38. The second kappa shape index (κ2) is 5.82. The van der Waals surface area contributed by atoms with E-state index in [0.29, 0.717) is 6.61 Å². The minimum absolute atomic E-state index is 0.0610. The van der Waals surface area contributed by atoms with Crippen LogP contribution in [-0.4, -0.2) is 39.2 Å². The molecule has 4 nitrogen and oxygen atoms in total. The first-order valence-corrected chi connectivity index (χ1v) is 7.24. The lowest BCUT2D eigenvalue weighted by molar-refractivity contribution is 0.185. The second-order valence-corrected chi connectivity index (χ2v) is 6.63. The summed E-state index contributed by atoms with van der Waals surface area (Å²) in [6.45, 7) is 0.311. The lowest BCUT2D eigenvalue weighted by Gasteiger charge is -2.23. The molecule has 1 aliphatic carbocycles. The first kappa shape index (κ1) is 12.9. The van der Waals surface area contributed by atoms with E-state index in [2.05, 4.69) is 0 Å². The van der Waals surface area contributed by atoms with Gasteiger partial charge in [-0.25, -0.2) is 8.42 Å². The van der Waals surface area contributed by atoms with E-state index >= 15 is 0 Å². The summed E-state index contributed by atoms with van der Waals surface area (Å²) in [6.07, 6.45) is 4.84. The predicted molar refractivity (Wildman–Crippen MR) is 60.5 cm³/mol. The third-order valence-corrected chi connectivity index (χ3v) is 5.27. The van der Waals surface area contributed by atoms with Gasteiger partial charge in [0.15, 0.2) is 9.84 Å². The van der Waals surface area contributed by atoms with Crippen molar-refractivity contribution in [1.82, 2.24) is 0 Å². The maximum Gasteiger partial charge on any atom is 0.154 e. The summed E-state index contributed by atoms with van der Waals surface area (Å²) in [4.78, 5) is 0. The molecule has 0 bridgehead atoms. The third-order valence-electron chi connectivity index (χ3n) is 2.89. The summed E-state index contributed by atoms with van der Waals surface area (Å²) >= 11 is 0. The summed E-state index contributed by atoms with van der Waals surface area (Å²) in [6, 6.07) is -0.387. The van der Waals surface area contributed by atoms with Crippen LogP contribution >= 0.6 is 0 Å². The molecule has 5 heteroatoms. The Labute approximate surface area is 92.1 Å². The molecule has 0 spiro atoms. The van der Waals surface area contributed by atoms with Crippen LogP contribution in [0.5, 0.6) is 0 Å². The van der Waals surface area contributed by atoms with Crippen molar-refractivity contribution < 1.29 is 13.2 Å². The molecule has 0 aromatic carbocycles. The molecule has 2 N–H and O–H groups in total. The Morgan fingerprint density at radius 3 is 2.47 bits per heavy atom. The molecule has 1 atom stereocenters. The number of hydrogen-bond donors (Lipinski definition) is 1. The van der Waals surface area contributed by atoms with Crippen molar-refractivity contribution in [2.75, 3.05) is 19.5 Å². The van der Waals surface area contributed by atoms with Gasteiger partial charge in [0.05, 0.1) is 17.6 Å². The van der Waals surface area contributed by atoms with Gasteiger partial charge in [-0.15, -0.1) is 0 Å². The zero-order chi connectivity index (χ0) is 11.3. The molecule has 0 aromatic heterocycles. The molecule has 1 aliphatic rings. The minimum atomic E-state index is -3.01. The Kier molecular flexibility index (Phi) is 5.02. The van der Waals surface area contributed by atoms with Crippen LogP contribution in [0.25, 0.3) is 0 Å². The summed E-state index contributed by atoms with van der Waals surface area (Å²) in [5, 5.41) is -0.158. The first-order valence-electron chi connectivity index (χ1n) is 5.52. The fourth-order valence-corrected chi connectivity index (χ4v) is 4.14. The molecular formula is C10H21NO3S. The molecule has 0 aromatic rings. The normalized spacial score (nSPS) is 21.5. The van der Waals surface area contributed by atoms with Crippen LogP contribution in [0.2, 0.25) is 0 Å².